The summed E-state index contributed by atoms with van der Waals surface area (Å²) in [6.45, 7) is 2.00. The molecule has 1 atom stereocenters. The van der Waals surface area contributed by atoms with Crippen LogP contribution in [0.5, 0.6) is 0 Å². The molecular weight excluding hydrogens is 282 g/mol. The van der Waals surface area contributed by atoms with Gasteiger partial charge in [0.15, 0.2) is 0 Å². The van der Waals surface area contributed by atoms with E-state index in [2.05, 4.69) is 5.32 Å². The summed E-state index contributed by atoms with van der Waals surface area (Å²) in [5.41, 5.74) is 1.96. The van der Waals surface area contributed by atoms with E-state index in [1.807, 2.05) is 54.1 Å². The molecule has 3 rings (SSSR count). The molecule has 0 aliphatic heterocycles. The molecule has 0 aliphatic rings. The van der Waals surface area contributed by atoms with Crippen LogP contribution < -0.4 is 5.32 Å². The first-order chi connectivity index (χ1) is 10.2. The van der Waals surface area contributed by atoms with Crippen molar-refractivity contribution in [3.63, 3.8) is 0 Å². The van der Waals surface area contributed by atoms with Gasteiger partial charge in [-0.25, -0.2) is 0 Å². The van der Waals surface area contributed by atoms with E-state index in [0.717, 1.165) is 22.3 Å². The number of nitrogens with one attached hydrogen (secondary N) is 1. The molecule has 1 amide bonds. The predicted molar refractivity (Wildman–Crippen MR) is 85.5 cm³/mol. The van der Waals surface area contributed by atoms with Crippen molar-refractivity contribution in [1.29, 1.82) is 0 Å². The molecule has 3 nitrogen and oxygen atoms in total. The first-order valence-electron chi connectivity index (χ1n) is 6.98. The van der Waals surface area contributed by atoms with E-state index in [1.54, 1.807) is 11.3 Å². The Kier molecular flexibility index (Phi) is 4.06. The van der Waals surface area contributed by atoms with Gasteiger partial charge in [-0.3, -0.25) is 4.79 Å². The van der Waals surface area contributed by atoms with E-state index in [1.165, 1.54) is 0 Å². The molecule has 0 saturated carbocycles. The molecule has 0 spiro atoms. The zero-order chi connectivity index (χ0) is 14.7. The lowest BCUT2D eigenvalue weighted by molar-refractivity contribution is -0.121. The van der Waals surface area contributed by atoms with Crippen molar-refractivity contribution in [2.45, 2.75) is 25.8 Å². The maximum absolute atomic E-state index is 11.9. The van der Waals surface area contributed by atoms with Gasteiger partial charge in [-0.15, -0.1) is 0 Å². The summed E-state index contributed by atoms with van der Waals surface area (Å²) >= 11 is 1.61. The third-order valence-electron chi connectivity index (χ3n) is 3.34. The molecule has 21 heavy (non-hydrogen) atoms. The molecule has 3 aromatic rings. The highest BCUT2D eigenvalue weighted by Crippen LogP contribution is 2.19. The maximum atomic E-state index is 11.9. The average molecular weight is 299 g/mol. The fraction of sp³-hybridized carbons (Fsp3) is 0.235. The van der Waals surface area contributed by atoms with Crippen molar-refractivity contribution in [3.8, 4) is 0 Å². The van der Waals surface area contributed by atoms with E-state index < -0.39 is 0 Å². The predicted octanol–water partition coefficient (Wildman–Crippen LogP) is 3.78. The van der Waals surface area contributed by atoms with Gasteiger partial charge in [0.25, 0.3) is 0 Å². The number of rotatable bonds is 5. The first-order valence-corrected chi connectivity index (χ1v) is 7.93. The van der Waals surface area contributed by atoms with E-state index >= 15 is 0 Å². The summed E-state index contributed by atoms with van der Waals surface area (Å²) in [5.74, 6) is 0.955. The van der Waals surface area contributed by atoms with Crippen LogP contribution in [-0.4, -0.2) is 11.9 Å². The number of hydrogen-bond acceptors (Lipinski definition) is 3. The van der Waals surface area contributed by atoms with Crippen LogP contribution in [0.4, 0.5) is 0 Å². The summed E-state index contributed by atoms with van der Waals surface area (Å²) in [6.07, 6.45) is 1.14. The van der Waals surface area contributed by atoms with Crippen molar-refractivity contribution in [2.75, 3.05) is 0 Å². The van der Waals surface area contributed by atoms with Crippen LogP contribution in [0.3, 0.4) is 0 Å². The number of benzene rings is 1. The molecule has 0 aliphatic carbocycles. The smallest absolute Gasteiger partial charge is 0.224 e. The molecule has 108 valence electrons. The second-order valence-corrected chi connectivity index (χ2v) is 6.01. The molecular formula is C17H17NO2S. The van der Waals surface area contributed by atoms with Crippen molar-refractivity contribution >= 4 is 28.2 Å². The molecule has 1 aromatic carbocycles. The topological polar surface area (TPSA) is 42.2 Å². The number of carbonyl (C=O) groups is 1. The number of para-hydroxylation sites is 1. The van der Waals surface area contributed by atoms with Crippen LogP contribution >= 0.6 is 11.3 Å². The number of furan rings is 1. The molecule has 0 radical (unpaired) electrons. The fourth-order valence-electron chi connectivity index (χ4n) is 2.39. The minimum absolute atomic E-state index is 0.0525. The van der Waals surface area contributed by atoms with Gasteiger partial charge in [0.1, 0.15) is 11.3 Å². The average Bonchev–Trinajstić information content (AvgIpc) is 3.06. The Morgan fingerprint density at radius 1 is 1.33 bits per heavy atom. The monoisotopic (exact) mass is 299 g/mol. The number of thiophene rings is 1. The Morgan fingerprint density at radius 3 is 2.95 bits per heavy atom. The molecule has 2 heterocycles. The van der Waals surface area contributed by atoms with Gasteiger partial charge in [0.2, 0.25) is 5.91 Å². The Labute approximate surface area is 127 Å². The SMILES string of the molecule is C[C@@H](Cc1cc2ccccc2o1)NC(=O)Cc1ccsc1. The number of hydrogen-bond donors (Lipinski definition) is 1. The lowest BCUT2D eigenvalue weighted by Gasteiger charge is -2.12. The van der Waals surface area contributed by atoms with E-state index in [4.69, 9.17) is 4.42 Å². The Balaban J connectivity index is 1.58. The summed E-state index contributed by atoms with van der Waals surface area (Å²) in [4.78, 5) is 11.9. The van der Waals surface area contributed by atoms with Crippen molar-refractivity contribution in [1.82, 2.24) is 5.32 Å². The molecule has 1 N–H and O–H groups in total. The largest absolute Gasteiger partial charge is 0.461 e. The van der Waals surface area contributed by atoms with Gasteiger partial charge in [0.05, 0.1) is 6.42 Å². The van der Waals surface area contributed by atoms with Gasteiger partial charge in [-0.1, -0.05) is 18.2 Å². The van der Waals surface area contributed by atoms with Crippen LogP contribution in [0.25, 0.3) is 11.0 Å². The van der Waals surface area contributed by atoms with E-state index in [9.17, 15) is 4.79 Å². The normalized spacial score (nSPS) is 12.4. The van der Waals surface area contributed by atoms with Crippen LogP contribution in [0.2, 0.25) is 0 Å². The summed E-state index contributed by atoms with van der Waals surface area (Å²) < 4.78 is 5.78. The standard InChI is InChI=1S/C17H17NO2S/c1-12(18-17(19)9-13-6-7-21-11-13)8-15-10-14-4-2-3-5-16(14)20-15/h2-7,10-12H,8-9H2,1H3,(H,18,19)/t12-/m0/s1. The highest BCUT2D eigenvalue weighted by molar-refractivity contribution is 7.07. The second kappa shape index (κ2) is 6.14. The summed E-state index contributed by atoms with van der Waals surface area (Å²) in [5, 5.41) is 8.11. The van der Waals surface area contributed by atoms with Gasteiger partial charge < -0.3 is 9.73 Å². The first kappa shape index (κ1) is 13.9. The van der Waals surface area contributed by atoms with Crippen molar-refractivity contribution < 1.29 is 9.21 Å². The third kappa shape index (κ3) is 3.52. The molecule has 0 saturated heterocycles. The van der Waals surface area contributed by atoms with Crippen LogP contribution in [0, 0.1) is 0 Å². The highest BCUT2D eigenvalue weighted by Gasteiger charge is 2.12. The minimum Gasteiger partial charge on any atom is -0.461 e. The second-order valence-electron chi connectivity index (χ2n) is 5.23. The zero-order valence-corrected chi connectivity index (χ0v) is 12.7. The van der Waals surface area contributed by atoms with Crippen LogP contribution in [0.15, 0.2) is 51.6 Å². The number of fused-ring (bicyclic) bond motifs is 1. The van der Waals surface area contributed by atoms with Crippen LogP contribution in [0.1, 0.15) is 18.2 Å². The highest BCUT2D eigenvalue weighted by atomic mass is 32.1. The zero-order valence-electron chi connectivity index (χ0n) is 11.8. The van der Waals surface area contributed by atoms with Gasteiger partial charge in [-0.2, -0.15) is 11.3 Å². The quantitative estimate of drug-likeness (QED) is 0.779. The molecule has 0 unspecified atom stereocenters. The van der Waals surface area contributed by atoms with Gasteiger partial charge in [-0.05, 0) is 41.4 Å². The molecule has 0 fully saturated rings. The molecule has 0 bridgehead atoms. The summed E-state index contributed by atoms with van der Waals surface area (Å²) in [6, 6.07) is 12.0. The fourth-order valence-corrected chi connectivity index (χ4v) is 3.06. The Hall–Kier alpha value is -2.07. The van der Waals surface area contributed by atoms with E-state index in [0.29, 0.717) is 12.8 Å². The third-order valence-corrected chi connectivity index (χ3v) is 4.07. The lowest BCUT2D eigenvalue weighted by Crippen LogP contribution is -2.34. The van der Waals surface area contributed by atoms with Gasteiger partial charge in [0, 0.05) is 17.8 Å². The summed E-state index contributed by atoms with van der Waals surface area (Å²) in [7, 11) is 0. The number of amides is 1. The maximum Gasteiger partial charge on any atom is 0.224 e. The number of carbonyl (C=O) groups excluding carboxylic acids is 1. The van der Waals surface area contributed by atoms with Gasteiger partial charge >= 0.3 is 0 Å². The lowest BCUT2D eigenvalue weighted by atomic mass is 10.1. The Morgan fingerprint density at radius 2 is 2.19 bits per heavy atom. The Bertz CT molecular complexity index is 697. The molecule has 2 aromatic heterocycles. The van der Waals surface area contributed by atoms with Crippen molar-refractivity contribution in [3.05, 3.63) is 58.5 Å². The van der Waals surface area contributed by atoms with E-state index in [-0.39, 0.29) is 11.9 Å². The minimum atomic E-state index is 0.0525. The molecule has 4 heteroatoms. The van der Waals surface area contributed by atoms with Crippen molar-refractivity contribution in [2.24, 2.45) is 0 Å². The van der Waals surface area contributed by atoms with Crippen LogP contribution in [-0.2, 0) is 17.6 Å².